The van der Waals surface area contributed by atoms with Gasteiger partial charge in [-0.2, -0.15) is 12.6 Å². The van der Waals surface area contributed by atoms with Crippen molar-refractivity contribution in [2.75, 3.05) is 11.5 Å². The Morgan fingerprint density at radius 2 is 0.489 bits per heavy atom. The predicted molar refractivity (Wildman–Crippen MR) is 592 cm³/mol. The van der Waals surface area contributed by atoms with Gasteiger partial charge in [-0.15, -0.1) is 24.4 Å². The molecular formula is C117H138Cl2N6O6S6. The van der Waals surface area contributed by atoms with Crippen molar-refractivity contribution in [3.05, 3.63) is 327 Å². The first-order chi connectivity index (χ1) is 65.6. The van der Waals surface area contributed by atoms with E-state index in [0.29, 0.717) is 83.2 Å². The number of benzene rings is 10. The third-order valence-electron chi connectivity index (χ3n) is 23.7. The number of carbonyl (C=O) groups is 3. The summed E-state index contributed by atoms with van der Waals surface area (Å²) in [5.74, 6) is 0.969. The van der Waals surface area contributed by atoms with Gasteiger partial charge in [0.15, 0.2) is 17.6 Å². The number of hydrogen-bond acceptors (Lipinski definition) is 12. The Morgan fingerprint density at radius 1 is 0.270 bits per heavy atom. The number of H-pyrrole nitrogens is 3. The number of aromatic amines is 3. The van der Waals surface area contributed by atoms with Gasteiger partial charge in [0, 0.05) is 65.9 Å². The molecule has 3 aliphatic rings. The van der Waals surface area contributed by atoms with Crippen molar-refractivity contribution in [3.63, 3.8) is 0 Å². The summed E-state index contributed by atoms with van der Waals surface area (Å²) < 4.78 is 0. The van der Waals surface area contributed by atoms with Gasteiger partial charge >= 0.3 is 0 Å². The fourth-order valence-electron chi connectivity index (χ4n) is 16.5. The first-order valence-electron chi connectivity index (χ1n) is 48.0. The molecule has 6 heterocycles. The quantitative estimate of drug-likeness (QED) is 0.0103. The third-order valence-corrected chi connectivity index (χ3v) is 29.0. The summed E-state index contributed by atoms with van der Waals surface area (Å²) >= 11 is 27.0. The molecule has 0 atom stereocenters. The van der Waals surface area contributed by atoms with E-state index in [4.69, 9.17) is 23.2 Å². The minimum atomic E-state index is -0.392. The predicted octanol–water partition coefficient (Wildman–Crippen LogP) is 36.3. The molecule has 3 aliphatic heterocycles. The van der Waals surface area contributed by atoms with Crippen molar-refractivity contribution in [2.45, 2.75) is 281 Å². The molecule has 137 heavy (non-hydrogen) atoms. The number of rotatable bonds is 46. The van der Waals surface area contributed by atoms with Gasteiger partial charge in [-0.05, 0) is 162 Å². The van der Waals surface area contributed by atoms with E-state index in [-0.39, 0.29) is 51.7 Å². The highest BCUT2D eigenvalue weighted by Gasteiger charge is 2.37. The number of thioether (sulfide) groups is 1. The van der Waals surface area contributed by atoms with Crippen molar-refractivity contribution in [1.82, 2.24) is 15.0 Å². The van der Waals surface area contributed by atoms with Crippen molar-refractivity contribution < 1.29 is 29.7 Å². The molecule has 0 aliphatic carbocycles. The Balaban J connectivity index is 0.000000208. The maximum Gasteiger partial charge on any atom is 0.280 e. The lowest BCUT2D eigenvalue weighted by Crippen LogP contribution is -1.99. The van der Waals surface area contributed by atoms with E-state index in [9.17, 15) is 29.7 Å². The van der Waals surface area contributed by atoms with Crippen LogP contribution in [-0.4, -0.2) is 76.6 Å². The van der Waals surface area contributed by atoms with E-state index in [1.54, 1.807) is 83.8 Å². The van der Waals surface area contributed by atoms with Crippen LogP contribution in [0.1, 0.15) is 306 Å². The fraction of sp³-hybridized carbons (Fsp3) is 0.333. The second-order valence-corrected chi connectivity index (χ2v) is 40.4. The smallest absolute Gasteiger partial charge is 0.280 e. The second kappa shape index (κ2) is 60.9. The molecule has 16 rings (SSSR count). The summed E-state index contributed by atoms with van der Waals surface area (Å²) in [6, 6.07) is 86.4. The van der Waals surface area contributed by atoms with Crippen LogP contribution in [0.2, 0.25) is 10.0 Å². The van der Waals surface area contributed by atoms with E-state index in [1.165, 1.54) is 215 Å². The van der Waals surface area contributed by atoms with Crippen LogP contribution in [0.25, 0.3) is 33.8 Å². The number of carbonyl (C=O) groups excluding carboxylic acids is 3. The van der Waals surface area contributed by atoms with Crippen LogP contribution >= 0.6 is 95.5 Å². The van der Waals surface area contributed by atoms with Crippen LogP contribution in [0.3, 0.4) is 0 Å². The van der Waals surface area contributed by atoms with Crippen molar-refractivity contribution >= 4 is 130 Å². The molecule has 0 unspecified atom stereocenters. The highest BCUT2D eigenvalue weighted by molar-refractivity contribution is 8.00. The summed E-state index contributed by atoms with van der Waals surface area (Å²) in [7, 11) is 0. The topological polar surface area (TPSA) is 196 Å². The molecule has 0 spiro atoms. The van der Waals surface area contributed by atoms with Gasteiger partial charge in [0.2, 0.25) is 0 Å². The molecular weight excluding hydrogens is 1850 g/mol. The summed E-state index contributed by atoms with van der Waals surface area (Å²) in [5.41, 5.74) is 10.5. The number of amides is 3. The van der Waals surface area contributed by atoms with E-state index in [0.717, 1.165) is 68.7 Å². The zero-order valence-electron chi connectivity index (χ0n) is 77.1. The van der Waals surface area contributed by atoms with Gasteiger partial charge in [-0.3, -0.25) is 14.4 Å². The fourth-order valence-corrected chi connectivity index (χ4v) is 20.6. The van der Waals surface area contributed by atoms with Gasteiger partial charge in [0.25, 0.3) is 17.7 Å². The zero-order chi connectivity index (χ0) is 93.9. The zero-order valence-corrected chi connectivity index (χ0v) is 83.7. The number of nitrogens with zero attached hydrogens (tertiary/aromatic N) is 3. The number of hydrogen-bond donors (Lipinski definition) is 8. The summed E-state index contributed by atoms with van der Waals surface area (Å²) in [6.45, 7) is 4.58. The number of fused-ring (bicyclic) bond motifs is 3. The molecule has 0 saturated carbocycles. The van der Waals surface area contributed by atoms with Crippen LogP contribution in [0.15, 0.2) is 321 Å². The molecule has 6 N–H and O–H groups in total. The number of unbranched alkanes of at least 4 members (excludes halogenated alkanes) is 30. The first-order valence-corrected chi connectivity index (χ1v) is 53.3. The number of aliphatic imine (C=N–C) groups is 3. The Labute approximate surface area is 853 Å². The number of thiol groups is 2. The molecule has 0 fully saturated rings. The van der Waals surface area contributed by atoms with Gasteiger partial charge in [-0.1, -0.05) is 433 Å². The lowest BCUT2D eigenvalue weighted by molar-refractivity contribution is 0.0998. The minimum Gasteiger partial charge on any atom is -0.494 e. The highest BCUT2D eigenvalue weighted by atomic mass is 35.5. The molecule has 0 saturated heterocycles. The van der Waals surface area contributed by atoms with Gasteiger partial charge < -0.3 is 30.3 Å². The molecule has 13 aromatic rings. The van der Waals surface area contributed by atoms with E-state index in [1.807, 2.05) is 182 Å². The van der Waals surface area contributed by atoms with Crippen LogP contribution < -0.4 is 0 Å². The largest absolute Gasteiger partial charge is 0.494 e. The van der Waals surface area contributed by atoms with Crippen molar-refractivity contribution in [3.8, 4) is 51.4 Å². The molecule has 3 amide bonds. The van der Waals surface area contributed by atoms with E-state index in [2.05, 4.69) is 118 Å². The maximum absolute atomic E-state index is 13.1. The number of nitrogens with one attached hydrogen (secondary N) is 3. The molecule has 722 valence electrons. The summed E-state index contributed by atoms with van der Waals surface area (Å²) in [6.07, 6.45) is 45.4. The molecule has 0 bridgehead atoms. The van der Waals surface area contributed by atoms with Gasteiger partial charge in [-0.25, -0.2) is 15.0 Å². The van der Waals surface area contributed by atoms with Crippen LogP contribution in [0.4, 0.5) is 0 Å². The normalized spacial score (nSPS) is 11.9. The van der Waals surface area contributed by atoms with Crippen LogP contribution in [0.5, 0.6) is 17.6 Å². The lowest BCUT2D eigenvalue weighted by atomic mass is 10.0. The van der Waals surface area contributed by atoms with Crippen LogP contribution in [0, 0.1) is 0 Å². The third kappa shape index (κ3) is 34.6. The highest BCUT2D eigenvalue weighted by Crippen LogP contribution is 2.44. The Bertz CT molecular complexity index is 5840. The number of aromatic nitrogens is 3. The summed E-state index contributed by atoms with van der Waals surface area (Å²) in [4.78, 5) is 69.2. The molecule has 10 aromatic carbocycles. The minimum absolute atomic E-state index is 0. The average molecular weight is 1990 g/mol. The van der Waals surface area contributed by atoms with Crippen molar-refractivity contribution in [2.24, 2.45) is 15.0 Å². The van der Waals surface area contributed by atoms with E-state index < -0.39 is 5.91 Å². The van der Waals surface area contributed by atoms with Crippen molar-refractivity contribution in [1.29, 1.82) is 0 Å². The molecule has 0 radical (unpaired) electrons. The monoisotopic (exact) mass is 1980 g/mol. The lowest BCUT2D eigenvalue weighted by Gasteiger charge is -2.05. The average Bonchev–Trinajstić information content (AvgIpc) is 1.60. The van der Waals surface area contributed by atoms with E-state index >= 15 is 0 Å². The number of aromatic hydroxyl groups is 3. The standard InChI is InChI=1S/C42H52N2O2S2.C30H20N2O2S2.C18H10Cl2N2O2.C18H38S.C6H6S.3CH4/c1-2-3-4-5-6-7-8-9-10-11-12-13-14-15-16-20-31-47-34-27-23-32(24-28-34)39-37-38(42(46)43-39)40(44-41(37)45)33-25-29-36(30-26-33)48-35-21-18-17-19-22-35;33-29-25-26(28(32-29)20-13-17-24(18-14-20)36-22-9-5-2-6-10-22)30(34)31-27(25)19-11-15-23(16-12-19)35-21-7-3-1-4-8-21;19-11-5-1-9(2-6-11)15-13-14(18(24)21-15)16(22-17(13)23)10-3-7-12(20)8-4-10;1-2-3-4-5-6-7-8-9-10-11-12-13-14-15-16-17-18-19;7-6-4-2-1-3-5-6;;;/h17-19,21-30,43,46H,2-16,20,31H2,1H3;1-18,31,34H;1-8,21,24H;19H,2-18H2,1H3;1-5,7H;3*1H4. The Hall–Kier alpha value is -9.86. The van der Waals surface area contributed by atoms with Gasteiger partial charge in [0.1, 0.15) is 0 Å². The number of halogens is 2. The second-order valence-electron chi connectivity index (χ2n) is 34.0. The van der Waals surface area contributed by atoms with Crippen LogP contribution in [-0.2, 0) is 0 Å². The molecule has 12 nitrogen and oxygen atoms in total. The Kier molecular flexibility index (Phi) is 49.2. The summed E-state index contributed by atoms with van der Waals surface area (Å²) in [5, 5.41) is 33.2. The SMILES string of the molecule is C.C.C.CCCCCCCCCCCCCCCCCCS.CCCCCCCCCCCCCCCCCCSc1ccc(-c2[nH]c(O)c3c2C(=O)N=C3c2ccc(Sc3ccccc3)cc2)cc1.O=C1N=C(c2ccc(Cl)cc2)c2c(O)[nH]c(-c3ccc(Cl)cc3)c21.O=C1N=C(c2ccc(Sc3ccccc3)cc2)c2c(O)[nH]c(-c3ccc(Sc4ccccc4)cc3)c21.Sc1ccccc1. The Morgan fingerprint density at radius 3 is 0.745 bits per heavy atom. The molecule has 20 heteroatoms. The first kappa shape index (κ1) is 111. The van der Waals surface area contributed by atoms with Gasteiger partial charge in [0.05, 0.1) is 67.6 Å². The maximum atomic E-state index is 13.1. The molecule has 3 aromatic heterocycles.